The molecule has 0 unspecified atom stereocenters. The van der Waals surface area contributed by atoms with E-state index in [0.717, 1.165) is 11.3 Å². The predicted octanol–water partition coefficient (Wildman–Crippen LogP) is 6.87. The summed E-state index contributed by atoms with van der Waals surface area (Å²) in [5.41, 5.74) is 2.04. The first-order chi connectivity index (χ1) is 17.1. The van der Waals surface area contributed by atoms with Crippen molar-refractivity contribution in [3.05, 3.63) is 69.8 Å². The molecule has 186 valence electrons. The lowest BCUT2D eigenvalue weighted by molar-refractivity contribution is 0.437. The summed E-state index contributed by atoms with van der Waals surface area (Å²) < 4.78 is 0. The highest BCUT2D eigenvalue weighted by molar-refractivity contribution is 5.96. The third kappa shape index (κ3) is 5.22. The number of hydrogen-bond acceptors (Lipinski definition) is 5. The largest absolute Gasteiger partial charge is 0.378 e. The van der Waals surface area contributed by atoms with Crippen LogP contribution >= 0.6 is 0 Å². The molecule has 0 aliphatic heterocycles. The summed E-state index contributed by atoms with van der Waals surface area (Å²) in [7, 11) is 3.84. The monoisotopic (exact) mass is 487 g/mol. The fourth-order valence-electron chi connectivity index (χ4n) is 4.46. The van der Waals surface area contributed by atoms with Crippen LogP contribution in [0.5, 0.6) is 0 Å². The minimum absolute atomic E-state index is 0.145. The summed E-state index contributed by atoms with van der Waals surface area (Å²) in [5, 5.41) is 41.1. The number of nitrogens with zero attached hydrogens (tertiary/aromatic N) is 5. The lowest BCUT2D eigenvalue weighted by Crippen LogP contribution is -2.42. The lowest BCUT2D eigenvalue weighted by Gasteiger charge is -2.47. The molecule has 0 N–H and O–H groups in total. The molecule has 0 saturated heterocycles. The Morgan fingerprint density at radius 1 is 0.865 bits per heavy atom. The second kappa shape index (κ2) is 10.2. The first-order valence-electron chi connectivity index (χ1n) is 11.9. The number of nitriles is 4. The number of hydrogen-bond donors (Lipinski definition) is 0. The van der Waals surface area contributed by atoms with Gasteiger partial charge in [-0.1, -0.05) is 72.1 Å². The van der Waals surface area contributed by atoms with Crippen molar-refractivity contribution in [1.82, 2.24) is 0 Å². The Hall–Kier alpha value is -4.50. The van der Waals surface area contributed by atoms with Crippen LogP contribution in [0.4, 0.5) is 5.69 Å². The maximum atomic E-state index is 10.6. The average Bonchev–Trinajstić information content (AvgIpc) is 2.79. The molecule has 0 spiro atoms. The highest BCUT2D eigenvalue weighted by Gasteiger charge is 2.57. The van der Waals surface area contributed by atoms with Crippen molar-refractivity contribution in [3.63, 3.8) is 0 Å². The van der Waals surface area contributed by atoms with Gasteiger partial charge in [-0.3, -0.25) is 0 Å². The quantitative estimate of drug-likeness (QED) is 0.342. The van der Waals surface area contributed by atoms with E-state index < -0.39 is 16.2 Å². The van der Waals surface area contributed by atoms with Crippen molar-refractivity contribution in [2.75, 3.05) is 19.0 Å². The summed E-state index contributed by atoms with van der Waals surface area (Å²) in [6.07, 6.45) is 0. The predicted molar refractivity (Wildman–Crippen MR) is 148 cm³/mol. The zero-order chi connectivity index (χ0) is 28.3. The molecular weight excluding hydrogens is 454 g/mol. The molecule has 1 aromatic rings. The van der Waals surface area contributed by atoms with Gasteiger partial charge in [0.15, 0.2) is 5.41 Å². The fraction of sp³-hybridized carbons (Fsp3) is 0.375. The highest BCUT2D eigenvalue weighted by Crippen LogP contribution is 2.63. The maximum absolute atomic E-state index is 10.6. The Morgan fingerprint density at radius 2 is 1.38 bits per heavy atom. The van der Waals surface area contributed by atoms with Gasteiger partial charge < -0.3 is 4.90 Å². The van der Waals surface area contributed by atoms with Gasteiger partial charge in [0.1, 0.15) is 17.7 Å². The maximum Gasteiger partial charge on any atom is 0.195 e. The van der Waals surface area contributed by atoms with Crippen molar-refractivity contribution in [1.29, 1.82) is 21.0 Å². The topological polar surface area (TPSA) is 98.4 Å². The summed E-state index contributed by atoms with van der Waals surface area (Å²) in [6, 6.07) is 15.9. The van der Waals surface area contributed by atoms with E-state index in [0.29, 0.717) is 33.4 Å². The molecule has 1 aliphatic rings. The van der Waals surface area contributed by atoms with Crippen LogP contribution in [-0.4, -0.2) is 14.1 Å². The van der Waals surface area contributed by atoms with Gasteiger partial charge in [0.25, 0.3) is 0 Å². The second-order valence-electron chi connectivity index (χ2n) is 11.4. The van der Waals surface area contributed by atoms with E-state index >= 15 is 0 Å². The Morgan fingerprint density at radius 3 is 1.73 bits per heavy atom. The molecule has 1 aromatic carbocycles. The van der Waals surface area contributed by atoms with Crippen molar-refractivity contribution < 1.29 is 0 Å². The van der Waals surface area contributed by atoms with Crippen LogP contribution in [0, 0.1) is 73.4 Å². The van der Waals surface area contributed by atoms with E-state index in [9.17, 15) is 21.0 Å². The van der Waals surface area contributed by atoms with Crippen LogP contribution in [-0.2, 0) is 0 Å². The van der Waals surface area contributed by atoms with Crippen LogP contribution < -0.4 is 4.90 Å². The zero-order valence-electron chi connectivity index (χ0n) is 23.3. The van der Waals surface area contributed by atoms with E-state index in [-0.39, 0.29) is 5.57 Å². The Kier molecular flexibility index (Phi) is 7.95. The Balaban J connectivity index is 3.25. The first-order valence-corrected chi connectivity index (χ1v) is 11.9. The van der Waals surface area contributed by atoms with Gasteiger partial charge in [-0.15, -0.1) is 0 Å². The van der Waals surface area contributed by atoms with E-state index in [1.54, 1.807) is 6.92 Å². The van der Waals surface area contributed by atoms with Crippen LogP contribution in [0.1, 0.15) is 54.0 Å². The van der Waals surface area contributed by atoms with Gasteiger partial charge in [0, 0.05) is 42.1 Å². The van der Waals surface area contributed by atoms with Crippen LogP contribution in [0.2, 0.25) is 0 Å². The van der Waals surface area contributed by atoms with Gasteiger partial charge in [0.05, 0.1) is 12.1 Å². The van der Waals surface area contributed by atoms with E-state index in [1.807, 2.05) is 96.9 Å². The molecule has 5 heteroatoms. The summed E-state index contributed by atoms with van der Waals surface area (Å²) in [4.78, 5) is 1.94. The second-order valence-corrected chi connectivity index (χ2v) is 11.4. The van der Waals surface area contributed by atoms with Gasteiger partial charge in [-0.05, 0) is 46.6 Å². The van der Waals surface area contributed by atoms with Crippen molar-refractivity contribution in [3.8, 4) is 36.1 Å². The van der Waals surface area contributed by atoms with E-state index in [4.69, 9.17) is 0 Å². The third-order valence-corrected chi connectivity index (χ3v) is 6.13. The van der Waals surface area contributed by atoms with Crippen LogP contribution in [0.25, 0.3) is 5.57 Å². The number of rotatable bonds is 3. The summed E-state index contributed by atoms with van der Waals surface area (Å²) in [6.45, 7) is 17.7. The minimum Gasteiger partial charge on any atom is -0.378 e. The van der Waals surface area contributed by atoms with Crippen molar-refractivity contribution in [2.45, 2.75) is 48.5 Å². The Bertz CT molecular complexity index is 1420. The normalized spacial score (nSPS) is 15.4. The van der Waals surface area contributed by atoms with Gasteiger partial charge in [0.2, 0.25) is 0 Å². The Labute approximate surface area is 221 Å². The number of benzene rings is 1. The molecule has 0 radical (unpaired) electrons. The summed E-state index contributed by atoms with van der Waals surface area (Å²) in [5.74, 6) is 6.24. The average molecular weight is 488 g/mol. The molecule has 0 fully saturated rings. The molecule has 37 heavy (non-hydrogen) atoms. The minimum atomic E-state index is -1.70. The number of allylic oxidation sites excluding steroid dienone is 7. The van der Waals surface area contributed by atoms with E-state index in [2.05, 4.69) is 30.6 Å². The van der Waals surface area contributed by atoms with E-state index in [1.165, 1.54) is 0 Å². The van der Waals surface area contributed by atoms with Gasteiger partial charge in [-0.25, -0.2) is 0 Å². The SMILES string of the molecule is C=C(C)C#C/C(=C1\C(C(C)(C)C)=C(C(=C(C#N)C#N)c2ccc(N(C)C)cc2)C1(C#N)C#N)C(C)(C)C. The molecule has 0 atom stereocenters. The molecule has 0 saturated carbocycles. The molecule has 0 amide bonds. The molecule has 5 nitrogen and oxygen atoms in total. The van der Waals surface area contributed by atoms with Crippen LogP contribution in [0.15, 0.2) is 64.3 Å². The molecule has 0 bridgehead atoms. The van der Waals surface area contributed by atoms with Crippen LogP contribution in [0.3, 0.4) is 0 Å². The first kappa shape index (κ1) is 28.7. The fourth-order valence-corrected chi connectivity index (χ4v) is 4.46. The van der Waals surface area contributed by atoms with Gasteiger partial charge >= 0.3 is 0 Å². The molecule has 0 heterocycles. The highest BCUT2D eigenvalue weighted by atomic mass is 15.1. The lowest BCUT2D eigenvalue weighted by atomic mass is 9.50. The molecular formula is C32H33N5. The molecule has 1 aliphatic carbocycles. The van der Waals surface area contributed by atoms with Crippen molar-refractivity contribution >= 4 is 11.3 Å². The molecule has 0 aromatic heterocycles. The van der Waals surface area contributed by atoms with Crippen molar-refractivity contribution in [2.24, 2.45) is 16.2 Å². The third-order valence-electron chi connectivity index (χ3n) is 6.13. The molecule has 2 rings (SSSR count). The zero-order valence-corrected chi connectivity index (χ0v) is 23.3. The van der Waals surface area contributed by atoms with Gasteiger partial charge in [-0.2, -0.15) is 21.0 Å². The number of anilines is 1. The summed E-state index contributed by atoms with van der Waals surface area (Å²) >= 11 is 0. The smallest absolute Gasteiger partial charge is 0.195 e. The standard InChI is InChI=1S/C32H33N5/c1-21(2)11-16-25(30(3,4)5)27-29(31(6,7)8)28(32(27,19-35)20-36)26(23(17-33)18-34)22-12-14-24(15-13-22)37(9)10/h12-15H,1H2,2-10H3/b27-25-.